The zero-order valence-corrected chi connectivity index (χ0v) is 15.9. The van der Waals surface area contributed by atoms with Gasteiger partial charge in [-0.2, -0.15) is 0 Å². The molecule has 0 bridgehead atoms. The second-order valence-electron chi connectivity index (χ2n) is 6.52. The lowest BCUT2D eigenvalue weighted by molar-refractivity contribution is 0.471. The van der Waals surface area contributed by atoms with E-state index >= 15 is 0 Å². The van der Waals surface area contributed by atoms with Crippen LogP contribution in [0.3, 0.4) is 0 Å². The van der Waals surface area contributed by atoms with Gasteiger partial charge in [-0.05, 0) is 23.3 Å². The Morgan fingerprint density at radius 3 is 2.72 bits per heavy atom. The Morgan fingerprint density at radius 1 is 1.07 bits per heavy atom. The number of phenols is 1. The van der Waals surface area contributed by atoms with Gasteiger partial charge in [0.2, 0.25) is 0 Å². The Hall–Kier alpha value is -3.25. The first-order chi connectivity index (χ1) is 14.1. The van der Waals surface area contributed by atoms with Gasteiger partial charge in [0.15, 0.2) is 11.6 Å². The first kappa shape index (κ1) is 19.1. The van der Waals surface area contributed by atoms with Crippen LogP contribution in [0.5, 0.6) is 5.75 Å². The first-order valence-corrected chi connectivity index (χ1v) is 9.23. The van der Waals surface area contributed by atoms with Gasteiger partial charge < -0.3 is 10.4 Å². The van der Waals surface area contributed by atoms with Crippen LogP contribution in [-0.2, 0) is 6.67 Å². The van der Waals surface area contributed by atoms with Gasteiger partial charge in [0.1, 0.15) is 17.9 Å². The van der Waals surface area contributed by atoms with Crippen LogP contribution in [0.4, 0.5) is 14.6 Å². The Balaban J connectivity index is 1.87. The highest BCUT2D eigenvalue weighted by atomic mass is 35.5. The topological polar surface area (TPSA) is 58.0 Å². The highest BCUT2D eigenvalue weighted by Gasteiger charge is 2.22. The largest absolute Gasteiger partial charge is 0.505 e. The van der Waals surface area contributed by atoms with Crippen molar-refractivity contribution < 1.29 is 13.9 Å². The van der Waals surface area contributed by atoms with Crippen molar-refractivity contribution in [2.24, 2.45) is 0 Å². The molecule has 2 N–H and O–H groups in total. The number of benzene rings is 2. The summed E-state index contributed by atoms with van der Waals surface area (Å²) in [5, 5.41) is 14.8. The lowest BCUT2D eigenvalue weighted by atomic mass is 9.95. The minimum atomic E-state index is -0.698. The van der Waals surface area contributed by atoms with Gasteiger partial charge in [-0.15, -0.1) is 0 Å². The summed E-state index contributed by atoms with van der Waals surface area (Å²) in [6.07, 6.45) is 2.90. The second kappa shape index (κ2) is 8.01. The van der Waals surface area contributed by atoms with Crippen molar-refractivity contribution in [3.8, 4) is 5.75 Å². The molecule has 146 valence electrons. The third-order valence-electron chi connectivity index (χ3n) is 4.62. The van der Waals surface area contributed by atoms with Crippen LogP contribution in [0.1, 0.15) is 22.7 Å². The summed E-state index contributed by atoms with van der Waals surface area (Å²) in [4.78, 5) is 8.26. The zero-order valence-electron chi connectivity index (χ0n) is 15.1. The molecule has 0 saturated heterocycles. The number of pyridine rings is 2. The van der Waals surface area contributed by atoms with E-state index in [4.69, 9.17) is 11.6 Å². The van der Waals surface area contributed by atoms with Gasteiger partial charge >= 0.3 is 0 Å². The molecule has 2 aromatic heterocycles. The van der Waals surface area contributed by atoms with Crippen LogP contribution < -0.4 is 5.32 Å². The molecule has 0 fully saturated rings. The molecule has 4 rings (SSSR count). The minimum Gasteiger partial charge on any atom is -0.505 e. The Morgan fingerprint density at radius 2 is 1.93 bits per heavy atom. The predicted molar refractivity (Wildman–Crippen MR) is 109 cm³/mol. The van der Waals surface area contributed by atoms with Crippen molar-refractivity contribution in [2.75, 3.05) is 5.32 Å². The molecule has 0 aliphatic heterocycles. The highest BCUT2D eigenvalue weighted by molar-refractivity contribution is 6.30. The second-order valence-corrected chi connectivity index (χ2v) is 6.95. The summed E-state index contributed by atoms with van der Waals surface area (Å²) in [5.41, 5.74) is 1.99. The summed E-state index contributed by atoms with van der Waals surface area (Å²) in [7, 11) is 0. The Labute approximate surface area is 170 Å². The van der Waals surface area contributed by atoms with Crippen molar-refractivity contribution in [2.45, 2.75) is 12.7 Å². The van der Waals surface area contributed by atoms with Gasteiger partial charge in [0.25, 0.3) is 0 Å². The molecule has 0 amide bonds. The normalized spacial score (nSPS) is 12.1. The van der Waals surface area contributed by atoms with E-state index in [0.29, 0.717) is 22.2 Å². The highest BCUT2D eigenvalue weighted by Crippen LogP contribution is 2.37. The Bertz CT molecular complexity index is 1190. The predicted octanol–water partition coefficient (Wildman–Crippen LogP) is 5.80. The molecule has 0 spiro atoms. The van der Waals surface area contributed by atoms with E-state index in [0.717, 1.165) is 11.5 Å². The number of nitrogens with zero attached hydrogens (tertiary/aromatic N) is 2. The fourth-order valence-electron chi connectivity index (χ4n) is 3.23. The van der Waals surface area contributed by atoms with Crippen molar-refractivity contribution in [3.05, 3.63) is 94.5 Å². The molecular formula is C22H16ClF2N3O. The van der Waals surface area contributed by atoms with Gasteiger partial charge in [-0.3, -0.25) is 4.98 Å². The number of hydrogen-bond acceptors (Lipinski definition) is 4. The van der Waals surface area contributed by atoms with Crippen LogP contribution in [0.25, 0.3) is 10.9 Å². The molecule has 2 aromatic carbocycles. The summed E-state index contributed by atoms with van der Waals surface area (Å²) in [6.45, 7) is -0.640. The molecule has 2 heterocycles. The van der Waals surface area contributed by atoms with Crippen molar-refractivity contribution >= 4 is 28.3 Å². The molecule has 4 aromatic rings. The van der Waals surface area contributed by atoms with Gasteiger partial charge in [-0.1, -0.05) is 54.1 Å². The van der Waals surface area contributed by atoms with Crippen molar-refractivity contribution in [1.29, 1.82) is 0 Å². The number of aromatic nitrogens is 2. The fourth-order valence-corrected chi connectivity index (χ4v) is 3.38. The Kier molecular flexibility index (Phi) is 5.27. The lowest BCUT2D eigenvalue weighted by Crippen LogP contribution is -2.15. The molecule has 0 saturated carbocycles. The van der Waals surface area contributed by atoms with E-state index in [-0.39, 0.29) is 16.6 Å². The maximum atomic E-state index is 14.4. The first-order valence-electron chi connectivity index (χ1n) is 8.86. The molecule has 1 atom stereocenters. The molecular weight excluding hydrogens is 396 g/mol. The molecule has 4 nitrogen and oxygen atoms in total. The molecule has 29 heavy (non-hydrogen) atoms. The third kappa shape index (κ3) is 3.84. The van der Waals surface area contributed by atoms with Crippen molar-refractivity contribution in [3.63, 3.8) is 0 Å². The third-order valence-corrected chi connectivity index (χ3v) is 4.82. The minimum absolute atomic E-state index is 0.0365. The summed E-state index contributed by atoms with van der Waals surface area (Å²) in [5.74, 6) is -0.714. The smallest absolute Gasteiger partial charge is 0.166 e. The SMILES string of the molecule is Oc1c(C(Nc2ncc(Cl)cc2F)c2cccc(CF)c2)ccc2cccnc12. The monoisotopic (exact) mass is 411 g/mol. The van der Waals surface area contributed by atoms with E-state index in [9.17, 15) is 13.9 Å². The maximum Gasteiger partial charge on any atom is 0.166 e. The van der Waals surface area contributed by atoms with Crippen molar-refractivity contribution in [1.82, 2.24) is 9.97 Å². The zero-order chi connectivity index (χ0) is 20.4. The number of aromatic hydroxyl groups is 1. The van der Waals surface area contributed by atoms with Gasteiger partial charge in [-0.25, -0.2) is 13.8 Å². The summed E-state index contributed by atoms with van der Waals surface area (Å²) < 4.78 is 27.6. The van der Waals surface area contributed by atoms with Crippen LogP contribution in [0, 0.1) is 5.82 Å². The lowest BCUT2D eigenvalue weighted by Gasteiger charge is -2.22. The summed E-state index contributed by atoms with van der Waals surface area (Å²) in [6, 6.07) is 14.4. The molecule has 0 aliphatic rings. The van der Waals surface area contributed by atoms with E-state index in [2.05, 4.69) is 15.3 Å². The molecule has 7 heteroatoms. The number of halogens is 3. The van der Waals surface area contributed by atoms with Gasteiger partial charge in [0, 0.05) is 23.3 Å². The fraction of sp³-hybridized carbons (Fsp3) is 0.0909. The average Bonchev–Trinajstić information content (AvgIpc) is 2.74. The number of hydrogen-bond donors (Lipinski definition) is 2. The van der Waals surface area contributed by atoms with Gasteiger partial charge in [0.05, 0.1) is 11.1 Å². The van der Waals surface area contributed by atoms with E-state index in [1.54, 1.807) is 42.6 Å². The standard InChI is InChI=1S/C22H16ClF2N3O/c23-16-10-18(25)22(27-12-16)28-19(15-4-1-3-13(9-15)11-24)17-7-6-14-5-2-8-26-20(14)21(17)29/h1-10,12,19,29H,11H2,(H,27,28). The number of fused-ring (bicyclic) bond motifs is 1. The van der Waals surface area contributed by atoms with Crippen LogP contribution >= 0.6 is 11.6 Å². The number of alkyl halides is 1. The molecule has 1 unspecified atom stereocenters. The van der Waals surface area contributed by atoms with Crippen LogP contribution in [0.2, 0.25) is 5.02 Å². The number of rotatable bonds is 5. The van der Waals surface area contributed by atoms with E-state index in [1.165, 1.54) is 6.20 Å². The quantitative estimate of drug-likeness (QED) is 0.436. The maximum absolute atomic E-state index is 14.4. The number of nitrogens with one attached hydrogen (secondary N) is 1. The summed E-state index contributed by atoms with van der Waals surface area (Å²) >= 11 is 5.80. The average molecular weight is 412 g/mol. The van der Waals surface area contributed by atoms with E-state index in [1.807, 2.05) is 12.1 Å². The van der Waals surface area contributed by atoms with Crippen LogP contribution in [-0.4, -0.2) is 15.1 Å². The van der Waals surface area contributed by atoms with E-state index < -0.39 is 18.5 Å². The van der Waals surface area contributed by atoms with Crippen LogP contribution in [0.15, 0.2) is 67.0 Å². The number of anilines is 1. The molecule has 0 radical (unpaired) electrons. The molecule has 0 aliphatic carbocycles. The number of phenolic OH excluding ortho intramolecular Hbond substituents is 1.